The summed E-state index contributed by atoms with van der Waals surface area (Å²) in [6, 6.07) is 7.84. The summed E-state index contributed by atoms with van der Waals surface area (Å²) < 4.78 is 0. The van der Waals surface area contributed by atoms with Gasteiger partial charge in [0.1, 0.15) is 0 Å². The van der Waals surface area contributed by atoms with Gasteiger partial charge in [0.05, 0.1) is 0 Å². The van der Waals surface area contributed by atoms with Gasteiger partial charge in [0.2, 0.25) is 5.91 Å². The standard InChI is InChI=1S/C17H22ClNO/c18-16-3-1-2-12(10-16)6-7-19-17(20)11-15-9-13-4-5-14(15)8-13/h1-3,10,13-15H,4-9,11H2,(H,19,20). The summed E-state index contributed by atoms with van der Waals surface area (Å²) in [5, 5.41) is 3.81. The molecule has 20 heavy (non-hydrogen) atoms. The summed E-state index contributed by atoms with van der Waals surface area (Å²) in [4.78, 5) is 12.0. The van der Waals surface area contributed by atoms with Crippen LogP contribution in [0, 0.1) is 17.8 Å². The van der Waals surface area contributed by atoms with Crippen LogP contribution in [-0.4, -0.2) is 12.5 Å². The topological polar surface area (TPSA) is 29.1 Å². The molecule has 0 aliphatic heterocycles. The lowest BCUT2D eigenvalue weighted by Gasteiger charge is -2.20. The lowest BCUT2D eigenvalue weighted by atomic mass is 9.86. The van der Waals surface area contributed by atoms with Crippen LogP contribution in [0.25, 0.3) is 0 Å². The van der Waals surface area contributed by atoms with E-state index in [2.05, 4.69) is 5.32 Å². The molecule has 0 aromatic heterocycles. The molecule has 108 valence electrons. The van der Waals surface area contributed by atoms with Crippen molar-refractivity contribution < 1.29 is 4.79 Å². The number of carbonyl (C=O) groups is 1. The fourth-order valence-corrected chi connectivity index (χ4v) is 4.19. The van der Waals surface area contributed by atoms with Crippen molar-refractivity contribution in [2.45, 2.75) is 38.5 Å². The quantitative estimate of drug-likeness (QED) is 0.878. The molecule has 3 unspecified atom stereocenters. The maximum atomic E-state index is 12.0. The molecule has 2 fully saturated rings. The van der Waals surface area contributed by atoms with Gasteiger partial charge in [-0.2, -0.15) is 0 Å². The average Bonchev–Trinajstić information content (AvgIpc) is 3.01. The molecule has 0 spiro atoms. The van der Waals surface area contributed by atoms with Gasteiger partial charge in [0.25, 0.3) is 0 Å². The Kier molecular flexibility index (Phi) is 4.30. The summed E-state index contributed by atoms with van der Waals surface area (Å²) in [7, 11) is 0. The molecule has 0 saturated heterocycles. The summed E-state index contributed by atoms with van der Waals surface area (Å²) >= 11 is 5.95. The van der Waals surface area contributed by atoms with Gasteiger partial charge < -0.3 is 5.32 Å². The van der Waals surface area contributed by atoms with Crippen LogP contribution in [0.3, 0.4) is 0 Å². The van der Waals surface area contributed by atoms with Crippen LogP contribution in [-0.2, 0) is 11.2 Å². The zero-order valence-corrected chi connectivity index (χ0v) is 12.5. The Morgan fingerprint density at radius 3 is 2.90 bits per heavy atom. The molecule has 2 nitrogen and oxygen atoms in total. The van der Waals surface area contributed by atoms with E-state index >= 15 is 0 Å². The zero-order valence-electron chi connectivity index (χ0n) is 11.8. The molecule has 2 aliphatic carbocycles. The van der Waals surface area contributed by atoms with E-state index in [-0.39, 0.29) is 5.91 Å². The van der Waals surface area contributed by atoms with Crippen LogP contribution in [0.2, 0.25) is 5.02 Å². The van der Waals surface area contributed by atoms with Crippen molar-refractivity contribution in [1.82, 2.24) is 5.32 Å². The smallest absolute Gasteiger partial charge is 0.220 e. The van der Waals surface area contributed by atoms with Crippen LogP contribution >= 0.6 is 11.6 Å². The zero-order chi connectivity index (χ0) is 13.9. The molecular formula is C17H22ClNO. The summed E-state index contributed by atoms with van der Waals surface area (Å²) in [5.41, 5.74) is 1.18. The third-order valence-corrected chi connectivity index (χ3v) is 5.19. The average molecular weight is 292 g/mol. The largest absolute Gasteiger partial charge is 0.356 e. The molecular weight excluding hydrogens is 270 g/mol. The first-order valence-corrected chi connectivity index (χ1v) is 8.09. The number of rotatable bonds is 5. The second-order valence-corrected chi connectivity index (χ2v) is 6.81. The van der Waals surface area contributed by atoms with E-state index in [1.807, 2.05) is 24.3 Å². The predicted molar refractivity (Wildman–Crippen MR) is 81.7 cm³/mol. The van der Waals surface area contributed by atoms with E-state index < -0.39 is 0 Å². The van der Waals surface area contributed by atoms with Crippen molar-refractivity contribution in [1.29, 1.82) is 0 Å². The number of fused-ring (bicyclic) bond motifs is 2. The third-order valence-electron chi connectivity index (χ3n) is 4.96. The number of halogens is 1. The third kappa shape index (κ3) is 3.35. The predicted octanol–water partition coefficient (Wildman–Crippen LogP) is 3.83. The van der Waals surface area contributed by atoms with Crippen molar-refractivity contribution in [3.8, 4) is 0 Å². The number of amides is 1. The van der Waals surface area contributed by atoms with Crippen molar-refractivity contribution in [3.05, 3.63) is 34.9 Å². The summed E-state index contributed by atoms with van der Waals surface area (Å²) in [5.74, 6) is 2.63. The lowest BCUT2D eigenvalue weighted by Crippen LogP contribution is -2.29. The highest BCUT2D eigenvalue weighted by Gasteiger charge is 2.39. The van der Waals surface area contributed by atoms with Crippen LogP contribution in [0.4, 0.5) is 0 Å². The fraction of sp³-hybridized carbons (Fsp3) is 0.588. The Balaban J connectivity index is 1.39. The molecule has 1 N–H and O–H groups in total. The molecule has 3 rings (SSSR count). The van der Waals surface area contributed by atoms with Gasteiger partial charge in [-0.15, -0.1) is 0 Å². The van der Waals surface area contributed by atoms with Crippen molar-refractivity contribution >= 4 is 17.5 Å². The maximum Gasteiger partial charge on any atom is 0.220 e. The maximum absolute atomic E-state index is 12.0. The molecule has 1 aromatic carbocycles. The Hall–Kier alpha value is -1.02. The molecule has 3 atom stereocenters. The van der Waals surface area contributed by atoms with Gasteiger partial charge in [-0.3, -0.25) is 4.79 Å². The molecule has 0 heterocycles. The molecule has 2 aliphatic rings. The highest BCUT2D eigenvalue weighted by molar-refractivity contribution is 6.30. The van der Waals surface area contributed by atoms with E-state index in [1.54, 1.807) is 0 Å². The van der Waals surface area contributed by atoms with Gasteiger partial charge in [-0.25, -0.2) is 0 Å². The minimum atomic E-state index is 0.226. The van der Waals surface area contributed by atoms with E-state index in [1.165, 1.54) is 31.2 Å². The van der Waals surface area contributed by atoms with Crippen LogP contribution in [0.5, 0.6) is 0 Å². The number of carbonyl (C=O) groups excluding carboxylic acids is 1. The summed E-state index contributed by atoms with van der Waals surface area (Å²) in [6.07, 6.45) is 7.00. The van der Waals surface area contributed by atoms with Crippen LogP contribution < -0.4 is 5.32 Å². The minimum absolute atomic E-state index is 0.226. The first-order chi connectivity index (χ1) is 9.70. The molecule has 2 bridgehead atoms. The van der Waals surface area contributed by atoms with Gasteiger partial charge in [-0.1, -0.05) is 30.2 Å². The van der Waals surface area contributed by atoms with Crippen molar-refractivity contribution in [3.63, 3.8) is 0 Å². The number of nitrogens with one attached hydrogen (secondary N) is 1. The highest BCUT2D eigenvalue weighted by atomic mass is 35.5. The Morgan fingerprint density at radius 1 is 1.30 bits per heavy atom. The second kappa shape index (κ2) is 6.17. The fourth-order valence-electron chi connectivity index (χ4n) is 3.98. The van der Waals surface area contributed by atoms with E-state index in [0.717, 1.165) is 29.7 Å². The van der Waals surface area contributed by atoms with E-state index in [9.17, 15) is 4.79 Å². The highest BCUT2D eigenvalue weighted by Crippen LogP contribution is 2.49. The minimum Gasteiger partial charge on any atom is -0.356 e. The van der Waals surface area contributed by atoms with Gasteiger partial charge in [-0.05, 0) is 61.1 Å². The molecule has 0 radical (unpaired) electrons. The molecule has 1 aromatic rings. The Bertz CT molecular complexity index is 488. The normalized spacial score (nSPS) is 27.8. The Morgan fingerprint density at radius 2 is 2.20 bits per heavy atom. The monoisotopic (exact) mass is 291 g/mol. The van der Waals surface area contributed by atoms with Crippen molar-refractivity contribution in [2.24, 2.45) is 17.8 Å². The summed E-state index contributed by atoms with van der Waals surface area (Å²) in [6.45, 7) is 0.708. The number of hydrogen-bond acceptors (Lipinski definition) is 1. The van der Waals surface area contributed by atoms with E-state index in [0.29, 0.717) is 12.5 Å². The lowest BCUT2D eigenvalue weighted by molar-refractivity contribution is -0.122. The van der Waals surface area contributed by atoms with E-state index in [4.69, 9.17) is 11.6 Å². The number of benzene rings is 1. The van der Waals surface area contributed by atoms with Gasteiger partial charge in [0, 0.05) is 18.0 Å². The molecule has 2 saturated carbocycles. The molecule has 1 amide bonds. The van der Waals surface area contributed by atoms with Crippen LogP contribution in [0.15, 0.2) is 24.3 Å². The Labute approximate surface area is 125 Å². The first kappa shape index (κ1) is 13.9. The van der Waals surface area contributed by atoms with Crippen molar-refractivity contribution in [2.75, 3.05) is 6.54 Å². The molecule has 3 heteroatoms. The second-order valence-electron chi connectivity index (χ2n) is 6.37. The number of hydrogen-bond donors (Lipinski definition) is 1. The van der Waals surface area contributed by atoms with Gasteiger partial charge >= 0.3 is 0 Å². The first-order valence-electron chi connectivity index (χ1n) is 7.72. The van der Waals surface area contributed by atoms with Crippen LogP contribution in [0.1, 0.15) is 37.7 Å². The van der Waals surface area contributed by atoms with Gasteiger partial charge in [0.15, 0.2) is 0 Å². The SMILES string of the molecule is O=C(CC1CC2CCC1C2)NCCc1cccc(Cl)c1.